The Kier molecular flexibility index (Phi) is 5.12. The average Bonchev–Trinajstić information content (AvgIpc) is 2.80. The van der Waals surface area contributed by atoms with Crippen LogP contribution in [0.4, 0.5) is 0 Å². The molecule has 0 unspecified atom stereocenters. The molecule has 1 aromatic heterocycles. The molecular formula is C17H18ClNO3S. The van der Waals surface area contributed by atoms with E-state index in [0.29, 0.717) is 9.90 Å². The summed E-state index contributed by atoms with van der Waals surface area (Å²) in [5.41, 5.74) is 0.247. The Hall–Kier alpha value is -1.85. The maximum absolute atomic E-state index is 12.3. The van der Waals surface area contributed by atoms with Crippen molar-refractivity contribution in [1.29, 1.82) is 0 Å². The van der Waals surface area contributed by atoms with Gasteiger partial charge in [-0.25, -0.2) is 4.79 Å². The molecule has 1 heterocycles. The number of hydrogen-bond donors (Lipinski definition) is 2. The molecule has 0 radical (unpaired) electrons. The number of thiophene rings is 1. The van der Waals surface area contributed by atoms with Crippen molar-refractivity contribution in [3.05, 3.63) is 46.3 Å². The molecule has 23 heavy (non-hydrogen) atoms. The van der Waals surface area contributed by atoms with Crippen LogP contribution < -0.4 is 5.32 Å². The summed E-state index contributed by atoms with van der Waals surface area (Å²) in [5, 5.41) is 12.7. The van der Waals surface area contributed by atoms with Crippen molar-refractivity contribution >= 4 is 44.9 Å². The van der Waals surface area contributed by atoms with Crippen LogP contribution in [-0.4, -0.2) is 23.0 Å². The molecule has 4 nitrogen and oxygen atoms in total. The summed E-state index contributed by atoms with van der Waals surface area (Å²) in [7, 11) is 0. The summed E-state index contributed by atoms with van der Waals surface area (Å²) >= 11 is 7.33. The Labute approximate surface area is 143 Å². The highest BCUT2D eigenvalue weighted by atomic mass is 35.5. The minimum Gasteiger partial charge on any atom is -0.479 e. The first-order valence-electron chi connectivity index (χ1n) is 7.08. The number of benzene rings is 1. The lowest BCUT2D eigenvalue weighted by Gasteiger charge is -2.15. The molecule has 0 saturated heterocycles. The lowest BCUT2D eigenvalue weighted by atomic mass is 9.95. The highest BCUT2D eigenvalue weighted by molar-refractivity contribution is 7.22. The first-order chi connectivity index (χ1) is 10.7. The third-order valence-corrected chi connectivity index (χ3v) is 4.32. The van der Waals surface area contributed by atoms with E-state index in [1.807, 2.05) is 26.8 Å². The summed E-state index contributed by atoms with van der Waals surface area (Å²) in [6.45, 7) is 5.87. The highest BCUT2D eigenvalue weighted by Gasteiger charge is 2.19. The molecule has 1 aromatic carbocycles. The van der Waals surface area contributed by atoms with Crippen molar-refractivity contribution in [3.63, 3.8) is 0 Å². The quantitative estimate of drug-likeness (QED) is 0.805. The van der Waals surface area contributed by atoms with Crippen molar-refractivity contribution in [2.45, 2.75) is 26.8 Å². The Balaban J connectivity index is 2.19. The Morgan fingerprint density at radius 2 is 2.00 bits per heavy atom. The van der Waals surface area contributed by atoms with Gasteiger partial charge in [0.2, 0.25) is 0 Å². The first-order valence-corrected chi connectivity index (χ1v) is 8.27. The number of fused-ring (bicyclic) bond motifs is 1. The Morgan fingerprint density at radius 1 is 1.30 bits per heavy atom. The van der Waals surface area contributed by atoms with Crippen molar-refractivity contribution in [2.24, 2.45) is 5.41 Å². The summed E-state index contributed by atoms with van der Waals surface area (Å²) in [4.78, 5) is 23.6. The number of carboxylic acids is 1. The summed E-state index contributed by atoms with van der Waals surface area (Å²) in [6.07, 6.45) is 3.27. The number of halogens is 1. The van der Waals surface area contributed by atoms with Gasteiger partial charge in [-0.3, -0.25) is 4.79 Å². The molecule has 0 aliphatic rings. The zero-order valence-electron chi connectivity index (χ0n) is 13.1. The molecule has 1 atom stereocenters. The predicted molar refractivity (Wildman–Crippen MR) is 94.3 cm³/mol. The molecule has 0 aliphatic heterocycles. The molecular weight excluding hydrogens is 334 g/mol. The average molecular weight is 352 g/mol. The van der Waals surface area contributed by atoms with Gasteiger partial charge < -0.3 is 10.4 Å². The van der Waals surface area contributed by atoms with Crippen molar-refractivity contribution in [3.8, 4) is 0 Å². The van der Waals surface area contributed by atoms with Gasteiger partial charge in [0.25, 0.3) is 5.91 Å². The summed E-state index contributed by atoms with van der Waals surface area (Å²) in [5.74, 6) is -1.53. The molecule has 2 rings (SSSR count). The van der Waals surface area contributed by atoms with E-state index in [1.54, 1.807) is 24.3 Å². The van der Waals surface area contributed by atoms with Gasteiger partial charge in [0.15, 0.2) is 0 Å². The molecule has 0 aliphatic carbocycles. The van der Waals surface area contributed by atoms with E-state index in [4.69, 9.17) is 11.6 Å². The van der Waals surface area contributed by atoms with Gasteiger partial charge in [0, 0.05) is 10.3 Å². The molecule has 122 valence electrons. The van der Waals surface area contributed by atoms with E-state index in [-0.39, 0.29) is 5.41 Å². The standard InChI is InChI=1S/C17H18ClNO3S/c1-17(2,3)7-6-12(16(21)22)19-15(20)11-5-4-10-9-14(18)23-13(10)8-11/h4-9,12H,1-3H3,(H,19,20)(H,21,22)/b7-6+/t12-/m1/s1. The van der Waals surface area contributed by atoms with Crippen LogP contribution in [0.25, 0.3) is 10.1 Å². The second-order valence-corrected chi connectivity index (χ2v) is 8.03. The number of rotatable bonds is 4. The van der Waals surface area contributed by atoms with E-state index in [1.165, 1.54) is 17.4 Å². The van der Waals surface area contributed by atoms with Crippen LogP contribution in [0, 0.1) is 5.41 Å². The van der Waals surface area contributed by atoms with Gasteiger partial charge >= 0.3 is 5.97 Å². The van der Waals surface area contributed by atoms with Crippen LogP contribution >= 0.6 is 22.9 Å². The zero-order valence-corrected chi connectivity index (χ0v) is 14.7. The lowest BCUT2D eigenvalue weighted by molar-refractivity contribution is -0.137. The topological polar surface area (TPSA) is 66.4 Å². The van der Waals surface area contributed by atoms with Crippen molar-refractivity contribution in [1.82, 2.24) is 5.32 Å². The third kappa shape index (κ3) is 4.81. The normalized spacial score (nSPS) is 13.4. The number of hydrogen-bond acceptors (Lipinski definition) is 3. The van der Waals surface area contributed by atoms with Crippen molar-refractivity contribution in [2.75, 3.05) is 0 Å². The van der Waals surface area contributed by atoms with Crippen LogP contribution in [-0.2, 0) is 4.79 Å². The van der Waals surface area contributed by atoms with Gasteiger partial charge in [0.05, 0.1) is 4.34 Å². The van der Waals surface area contributed by atoms with Gasteiger partial charge in [0.1, 0.15) is 6.04 Å². The number of allylic oxidation sites excluding steroid dienone is 1. The van der Waals surface area contributed by atoms with E-state index in [2.05, 4.69) is 5.32 Å². The number of carbonyl (C=O) groups excluding carboxylic acids is 1. The first kappa shape index (κ1) is 17.5. The minimum atomic E-state index is -1.10. The Bertz CT molecular complexity index is 774. The molecule has 0 saturated carbocycles. The van der Waals surface area contributed by atoms with Gasteiger partial charge in [-0.05, 0) is 29.0 Å². The predicted octanol–water partition coefficient (Wildman–Crippen LogP) is 4.34. The maximum Gasteiger partial charge on any atom is 0.330 e. The van der Waals surface area contributed by atoms with Crippen LogP contribution in [0.3, 0.4) is 0 Å². The molecule has 6 heteroatoms. The van der Waals surface area contributed by atoms with Gasteiger partial charge in [-0.15, -0.1) is 11.3 Å². The smallest absolute Gasteiger partial charge is 0.330 e. The fourth-order valence-electron chi connectivity index (χ4n) is 1.94. The molecule has 2 aromatic rings. The minimum absolute atomic E-state index is 0.162. The molecule has 0 bridgehead atoms. The second-order valence-electron chi connectivity index (χ2n) is 6.32. The number of nitrogens with one attached hydrogen (secondary N) is 1. The van der Waals surface area contributed by atoms with Crippen LogP contribution in [0.1, 0.15) is 31.1 Å². The number of aliphatic carboxylic acids is 1. The SMILES string of the molecule is CC(C)(C)/C=C/[C@@H](NC(=O)c1ccc2cc(Cl)sc2c1)C(=O)O. The molecule has 0 fully saturated rings. The van der Waals surface area contributed by atoms with Crippen molar-refractivity contribution < 1.29 is 14.7 Å². The molecule has 1 amide bonds. The van der Waals surface area contributed by atoms with E-state index >= 15 is 0 Å². The summed E-state index contributed by atoms with van der Waals surface area (Å²) in [6, 6.07) is 5.94. The number of amides is 1. The van der Waals surface area contributed by atoms with E-state index in [0.717, 1.165) is 10.1 Å². The molecule has 0 spiro atoms. The van der Waals surface area contributed by atoms with E-state index < -0.39 is 17.9 Å². The Morgan fingerprint density at radius 3 is 2.61 bits per heavy atom. The number of carbonyl (C=O) groups is 2. The zero-order chi connectivity index (χ0) is 17.2. The molecule has 2 N–H and O–H groups in total. The van der Waals surface area contributed by atoms with E-state index in [9.17, 15) is 14.7 Å². The number of carboxylic acid groups (broad SMARTS) is 1. The highest BCUT2D eigenvalue weighted by Crippen LogP contribution is 2.30. The maximum atomic E-state index is 12.3. The van der Waals surface area contributed by atoms with Crippen LogP contribution in [0.5, 0.6) is 0 Å². The van der Waals surface area contributed by atoms with Gasteiger partial charge in [-0.1, -0.05) is 50.6 Å². The lowest BCUT2D eigenvalue weighted by Crippen LogP contribution is -2.39. The van der Waals surface area contributed by atoms with Gasteiger partial charge in [-0.2, -0.15) is 0 Å². The van der Waals surface area contributed by atoms with Crippen LogP contribution in [0.15, 0.2) is 36.4 Å². The fraction of sp³-hybridized carbons (Fsp3) is 0.294. The monoisotopic (exact) mass is 351 g/mol. The third-order valence-electron chi connectivity index (χ3n) is 3.09. The van der Waals surface area contributed by atoms with Crippen LogP contribution in [0.2, 0.25) is 4.34 Å². The fourth-order valence-corrected chi connectivity index (χ4v) is 3.14. The summed E-state index contributed by atoms with van der Waals surface area (Å²) < 4.78 is 1.54. The largest absolute Gasteiger partial charge is 0.479 e. The second kappa shape index (κ2) is 6.72.